The van der Waals surface area contributed by atoms with Crippen LogP contribution in [0.1, 0.15) is 18.4 Å². The van der Waals surface area contributed by atoms with Crippen LogP contribution in [-0.4, -0.2) is 23.4 Å². The number of hydrogen-bond acceptors (Lipinski definition) is 4. The summed E-state index contributed by atoms with van der Waals surface area (Å²) in [7, 11) is 0. The average molecular weight is 285 g/mol. The van der Waals surface area contributed by atoms with E-state index in [4.69, 9.17) is 16.2 Å². The van der Waals surface area contributed by atoms with E-state index in [-0.39, 0.29) is 5.57 Å². The molecule has 0 aromatic carbocycles. The van der Waals surface area contributed by atoms with Crippen molar-refractivity contribution in [2.24, 2.45) is 11.5 Å². The average Bonchev–Trinajstić information content (AvgIpc) is 2.94. The Balaban J connectivity index is 2.19. The van der Waals surface area contributed by atoms with Crippen LogP contribution < -0.4 is 11.5 Å². The number of carbonyl (C=O) groups excluding carboxylic acids is 2. The Morgan fingerprint density at radius 3 is 2.76 bits per heavy atom. The number of rotatable bonds is 3. The van der Waals surface area contributed by atoms with E-state index >= 15 is 0 Å². The first-order valence-corrected chi connectivity index (χ1v) is 6.63. The molecule has 1 aliphatic carbocycles. The fraction of sp³-hybridized carbons (Fsp3) is 0.267. The minimum atomic E-state index is -1.11. The molecule has 0 fully saturated rings. The number of ether oxygens (including phenoxy) is 1. The van der Waals surface area contributed by atoms with E-state index in [2.05, 4.69) is 4.98 Å². The number of aromatic nitrogens is 1. The van der Waals surface area contributed by atoms with E-state index in [1.807, 2.05) is 0 Å². The third-order valence-corrected chi connectivity index (χ3v) is 3.98. The Bertz CT molecular complexity index is 679. The molecule has 6 nitrogen and oxygen atoms in total. The van der Waals surface area contributed by atoms with Crippen molar-refractivity contribution in [2.75, 3.05) is 6.61 Å². The van der Waals surface area contributed by atoms with Crippen molar-refractivity contribution in [3.05, 3.63) is 53.1 Å². The number of primary amides is 2. The molecule has 3 rings (SSSR count). The van der Waals surface area contributed by atoms with Crippen LogP contribution >= 0.6 is 0 Å². The van der Waals surface area contributed by atoms with Crippen molar-refractivity contribution in [2.45, 2.75) is 18.3 Å². The normalized spacial score (nSPS) is 24.1. The maximum Gasteiger partial charge on any atom is 0.252 e. The summed E-state index contributed by atoms with van der Waals surface area (Å²) in [5.74, 6) is -0.658. The van der Waals surface area contributed by atoms with Crippen molar-refractivity contribution < 1.29 is 14.3 Å². The molecule has 1 aromatic heterocycles. The highest BCUT2D eigenvalue weighted by molar-refractivity contribution is 6.00. The Labute approximate surface area is 121 Å². The van der Waals surface area contributed by atoms with E-state index in [0.29, 0.717) is 30.8 Å². The summed E-state index contributed by atoms with van der Waals surface area (Å²) >= 11 is 0. The molecular weight excluding hydrogens is 270 g/mol. The topological polar surface area (TPSA) is 108 Å². The van der Waals surface area contributed by atoms with E-state index in [1.54, 1.807) is 24.5 Å². The van der Waals surface area contributed by atoms with Gasteiger partial charge in [0.1, 0.15) is 5.76 Å². The summed E-state index contributed by atoms with van der Waals surface area (Å²) in [6.45, 7) is 0.483. The first-order valence-electron chi connectivity index (χ1n) is 6.63. The Morgan fingerprint density at radius 1 is 1.33 bits per heavy atom. The number of hydrogen-bond donors (Lipinski definition) is 2. The zero-order valence-electron chi connectivity index (χ0n) is 11.3. The van der Waals surface area contributed by atoms with Gasteiger partial charge >= 0.3 is 0 Å². The molecule has 108 valence electrons. The van der Waals surface area contributed by atoms with Gasteiger partial charge in [0.2, 0.25) is 5.91 Å². The van der Waals surface area contributed by atoms with Gasteiger partial charge in [-0.3, -0.25) is 14.6 Å². The molecule has 2 aliphatic rings. The minimum Gasteiger partial charge on any atom is -0.492 e. The SMILES string of the molecule is NC(=O)C1=CC(C(N)=O)(c2cccnc2)CC2=C1OCC2. The highest BCUT2D eigenvalue weighted by atomic mass is 16.5. The van der Waals surface area contributed by atoms with Gasteiger partial charge in [-0.1, -0.05) is 6.07 Å². The Kier molecular flexibility index (Phi) is 3.01. The molecule has 2 heterocycles. The van der Waals surface area contributed by atoms with E-state index in [9.17, 15) is 9.59 Å². The van der Waals surface area contributed by atoms with E-state index in [0.717, 1.165) is 5.57 Å². The number of pyridine rings is 1. The zero-order valence-corrected chi connectivity index (χ0v) is 11.3. The van der Waals surface area contributed by atoms with Gasteiger partial charge in [-0.25, -0.2) is 0 Å². The molecule has 0 saturated heterocycles. The molecule has 1 aliphatic heterocycles. The molecule has 1 unspecified atom stereocenters. The van der Waals surface area contributed by atoms with E-state index in [1.165, 1.54) is 6.08 Å². The van der Waals surface area contributed by atoms with Crippen LogP contribution in [0.4, 0.5) is 0 Å². The molecule has 4 N–H and O–H groups in total. The van der Waals surface area contributed by atoms with Gasteiger partial charge in [0.15, 0.2) is 0 Å². The lowest BCUT2D eigenvalue weighted by atomic mass is 9.70. The third-order valence-electron chi connectivity index (χ3n) is 3.98. The summed E-state index contributed by atoms with van der Waals surface area (Å²) in [6.07, 6.45) is 5.78. The quantitative estimate of drug-likeness (QED) is 0.832. The van der Waals surface area contributed by atoms with Crippen molar-refractivity contribution in [1.82, 2.24) is 4.98 Å². The first-order chi connectivity index (χ1) is 10.0. The monoisotopic (exact) mass is 285 g/mol. The molecule has 0 radical (unpaired) electrons. The van der Waals surface area contributed by atoms with Gasteiger partial charge in [0.25, 0.3) is 5.91 Å². The van der Waals surface area contributed by atoms with Crippen molar-refractivity contribution in [3.63, 3.8) is 0 Å². The van der Waals surface area contributed by atoms with Crippen LogP contribution in [0.5, 0.6) is 0 Å². The molecule has 1 aromatic rings. The Hall–Kier alpha value is -2.63. The van der Waals surface area contributed by atoms with Gasteiger partial charge in [-0.2, -0.15) is 0 Å². The smallest absolute Gasteiger partial charge is 0.252 e. The van der Waals surface area contributed by atoms with Crippen LogP contribution in [0.15, 0.2) is 47.5 Å². The number of nitrogens with zero attached hydrogens (tertiary/aromatic N) is 1. The van der Waals surface area contributed by atoms with Gasteiger partial charge < -0.3 is 16.2 Å². The van der Waals surface area contributed by atoms with Crippen LogP contribution in [0.3, 0.4) is 0 Å². The number of amides is 2. The third kappa shape index (κ3) is 1.99. The molecule has 0 spiro atoms. The van der Waals surface area contributed by atoms with E-state index < -0.39 is 17.2 Å². The van der Waals surface area contributed by atoms with Gasteiger partial charge in [-0.15, -0.1) is 0 Å². The summed E-state index contributed by atoms with van der Waals surface area (Å²) in [4.78, 5) is 27.9. The fourth-order valence-corrected chi connectivity index (χ4v) is 2.92. The van der Waals surface area contributed by atoms with Crippen molar-refractivity contribution in [3.8, 4) is 0 Å². The summed E-state index contributed by atoms with van der Waals surface area (Å²) in [5.41, 5.74) is 11.7. The molecule has 6 heteroatoms. The lowest BCUT2D eigenvalue weighted by Crippen LogP contribution is -2.42. The highest BCUT2D eigenvalue weighted by Gasteiger charge is 2.44. The zero-order chi connectivity index (χ0) is 15.0. The van der Waals surface area contributed by atoms with Crippen LogP contribution in [-0.2, 0) is 19.7 Å². The van der Waals surface area contributed by atoms with Crippen LogP contribution in [0, 0.1) is 0 Å². The largest absolute Gasteiger partial charge is 0.492 e. The number of nitrogens with two attached hydrogens (primary N) is 2. The second-order valence-corrected chi connectivity index (χ2v) is 5.21. The molecule has 2 amide bonds. The minimum absolute atomic E-state index is 0.219. The fourth-order valence-electron chi connectivity index (χ4n) is 2.92. The molecule has 21 heavy (non-hydrogen) atoms. The predicted octanol–water partition coefficient (Wildman–Crippen LogP) is 0.295. The second-order valence-electron chi connectivity index (χ2n) is 5.21. The number of carbonyl (C=O) groups is 2. The maximum absolute atomic E-state index is 12.2. The summed E-state index contributed by atoms with van der Waals surface area (Å²) in [6, 6.07) is 3.50. The lowest BCUT2D eigenvalue weighted by molar-refractivity contribution is -0.122. The van der Waals surface area contributed by atoms with Gasteiger partial charge in [0, 0.05) is 18.8 Å². The second kappa shape index (κ2) is 4.73. The first kappa shape index (κ1) is 13.4. The van der Waals surface area contributed by atoms with Crippen LogP contribution in [0.2, 0.25) is 0 Å². The summed E-state index contributed by atoms with van der Waals surface area (Å²) in [5, 5.41) is 0. The van der Waals surface area contributed by atoms with Gasteiger partial charge in [-0.05, 0) is 29.7 Å². The van der Waals surface area contributed by atoms with Gasteiger partial charge in [0.05, 0.1) is 17.6 Å². The molecule has 1 atom stereocenters. The van der Waals surface area contributed by atoms with Crippen molar-refractivity contribution >= 4 is 11.8 Å². The Morgan fingerprint density at radius 2 is 2.14 bits per heavy atom. The summed E-state index contributed by atoms with van der Waals surface area (Å²) < 4.78 is 5.48. The maximum atomic E-state index is 12.2. The molecule has 0 bridgehead atoms. The van der Waals surface area contributed by atoms with Crippen molar-refractivity contribution in [1.29, 1.82) is 0 Å². The van der Waals surface area contributed by atoms with Crippen LogP contribution in [0.25, 0.3) is 0 Å². The highest BCUT2D eigenvalue weighted by Crippen LogP contribution is 2.43. The molecular formula is C15H15N3O3. The predicted molar refractivity (Wildman–Crippen MR) is 74.6 cm³/mol. The lowest BCUT2D eigenvalue weighted by Gasteiger charge is -2.32. The molecule has 0 saturated carbocycles. The standard InChI is InChI=1S/C15H15N3O3/c16-13(19)11-7-15(14(17)20,10-2-1-4-18-8-10)6-9-3-5-21-12(9)11/h1-2,4,7-8H,3,5-6H2,(H2,16,19)(H2,17,20).